The van der Waals surface area contributed by atoms with Gasteiger partial charge in [-0.25, -0.2) is 9.59 Å². The van der Waals surface area contributed by atoms with Crippen molar-refractivity contribution < 1.29 is 19.4 Å². The lowest BCUT2D eigenvalue weighted by Crippen LogP contribution is -2.43. The van der Waals surface area contributed by atoms with Gasteiger partial charge in [0.15, 0.2) is 0 Å². The minimum absolute atomic E-state index is 0.0138. The fourth-order valence-corrected chi connectivity index (χ4v) is 2.75. The number of fused-ring (bicyclic) bond motifs is 1. The highest BCUT2D eigenvalue weighted by Crippen LogP contribution is 2.31. The lowest BCUT2D eigenvalue weighted by molar-refractivity contribution is -0.110. The monoisotopic (exact) mass is 399 g/mol. The van der Waals surface area contributed by atoms with Gasteiger partial charge in [-0.15, -0.1) is 0 Å². The van der Waals surface area contributed by atoms with Crippen molar-refractivity contribution in [1.82, 2.24) is 5.32 Å². The number of ether oxygens (including phenoxy) is 1. The second-order valence-corrected chi connectivity index (χ2v) is 7.15. The number of hydrogen-bond donors (Lipinski definition) is 4. The van der Waals surface area contributed by atoms with Crippen LogP contribution in [0.2, 0.25) is 5.02 Å². The zero-order chi connectivity index (χ0) is 19.3. The Morgan fingerprint density at radius 2 is 2.15 bits per heavy atom. The molecule has 1 heterocycles. The molecule has 10 heteroatoms. The van der Waals surface area contributed by atoms with Gasteiger partial charge in [0.05, 0.1) is 5.39 Å². The summed E-state index contributed by atoms with van der Waals surface area (Å²) in [6.07, 6.45) is 0. The standard InChI is InChI=1S/C16H19ClN4O4S/c1-8(2)20-16(23)21-9-3-4-10-11(7-9)13(22)25-14(12(10)17)24-5-6-26-15(18)19/h3-4,7-8H,5-6H2,1-2H3,(H3,18,19)(H2,20,21,23)/p+1. The summed E-state index contributed by atoms with van der Waals surface area (Å²) in [5.74, 6) is 0.410. The van der Waals surface area contributed by atoms with Gasteiger partial charge >= 0.3 is 17.6 Å². The molecular weight excluding hydrogens is 380 g/mol. The minimum Gasteiger partial charge on any atom is -0.463 e. The number of nitrogens with two attached hydrogens (primary N) is 2. The highest BCUT2D eigenvalue weighted by atomic mass is 35.5. The first kappa shape index (κ1) is 19.9. The molecule has 2 amide bonds. The summed E-state index contributed by atoms with van der Waals surface area (Å²) in [6.45, 7) is 3.90. The number of benzene rings is 1. The summed E-state index contributed by atoms with van der Waals surface area (Å²) in [7, 11) is 0. The summed E-state index contributed by atoms with van der Waals surface area (Å²) in [5, 5.41) is 11.8. The molecule has 1 aromatic heterocycles. The van der Waals surface area contributed by atoms with Crippen LogP contribution < -0.4 is 32.1 Å². The Balaban J connectivity index is 2.21. The minimum atomic E-state index is -0.620. The Morgan fingerprint density at radius 3 is 2.81 bits per heavy atom. The summed E-state index contributed by atoms with van der Waals surface area (Å²) in [4.78, 5) is 24.0. The van der Waals surface area contributed by atoms with Gasteiger partial charge in [0.1, 0.15) is 11.6 Å². The molecule has 6 N–H and O–H groups in total. The van der Waals surface area contributed by atoms with Crippen molar-refractivity contribution in [2.45, 2.75) is 19.9 Å². The molecule has 0 fully saturated rings. The average Bonchev–Trinajstić information content (AvgIpc) is 2.54. The Morgan fingerprint density at radius 1 is 1.42 bits per heavy atom. The zero-order valence-corrected chi connectivity index (χ0v) is 15.9. The lowest BCUT2D eigenvalue weighted by Gasteiger charge is -2.11. The number of carbonyl (C=O) groups is 1. The molecule has 0 aliphatic heterocycles. The van der Waals surface area contributed by atoms with Crippen LogP contribution in [0, 0.1) is 0 Å². The number of hydrogen-bond acceptors (Lipinski definition) is 5. The zero-order valence-electron chi connectivity index (χ0n) is 14.3. The average molecular weight is 400 g/mol. The number of urea groups is 1. The Hall–Kier alpha value is -2.39. The molecular formula is C16H20ClN4O4S+. The van der Waals surface area contributed by atoms with E-state index in [1.807, 2.05) is 13.8 Å². The van der Waals surface area contributed by atoms with Gasteiger partial charge in [0.25, 0.3) is 5.17 Å². The smallest absolute Gasteiger partial charge is 0.346 e. The van der Waals surface area contributed by atoms with Crippen LogP contribution in [-0.2, 0) is 0 Å². The molecule has 0 radical (unpaired) electrons. The second-order valence-electron chi connectivity index (χ2n) is 5.60. The molecule has 0 aliphatic rings. The number of anilines is 1. The fourth-order valence-electron chi connectivity index (χ4n) is 2.09. The van der Waals surface area contributed by atoms with Crippen molar-refractivity contribution in [3.8, 4) is 5.95 Å². The van der Waals surface area contributed by atoms with E-state index in [0.717, 1.165) is 0 Å². The molecule has 1 aromatic carbocycles. The molecule has 0 saturated carbocycles. The Bertz CT molecular complexity index is 884. The van der Waals surface area contributed by atoms with Gasteiger partial charge in [-0.3, -0.25) is 11.1 Å². The summed E-state index contributed by atoms with van der Waals surface area (Å²) in [5.41, 5.74) is 5.17. The van der Waals surface area contributed by atoms with E-state index in [4.69, 9.17) is 31.9 Å². The van der Waals surface area contributed by atoms with Gasteiger partial charge in [0, 0.05) is 22.9 Å². The first-order chi connectivity index (χ1) is 12.3. The third-order valence-corrected chi connectivity index (χ3v) is 4.17. The fraction of sp³-hybridized carbons (Fsp3) is 0.312. The van der Waals surface area contributed by atoms with E-state index >= 15 is 0 Å². The van der Waals surface area contributed by atoms with Crippen molar-refractivity contribution in [2.75, 3.05) is 17.7 Å². The van der Waals surface area contributed by atoms with E-state index in [0.29, 0.717) is 16.8 Å². The van der Waals surface area contributed by atoms with Crippen LogP contribution in [0.25, 0.3) is 10.8 Å². The maximum absolute atomic E-state index is 12.2. The number of halogens is 1. The molecule has 2 aromatic rings. The van der Waals surface area contributed by atoms with Gasteiger partial charge in [-0.1, -0.05) is 17.7 Å². The Labute approximate surface area is 158 Å². The van der Waals surface area contributed by atoms with Crippen LogP contribution in [0.15, 0.2) is 27.4 Å². The summed E-state index contributed by atoms with van der Waals surface area (Å²) >= 11 is 7.48. The van der Waals surface area contributed by atoms with E-state index < -0.39 is 5.63 Å². The topological polar surface area (TPSA) is 132 Å². The molecule has 0 aliphatic carbocycles. The van der Waals surface area contributed by atoms with Gasteiger partial charge in [0.2, 0.25) is 0 Å². The van der Waals surface area contributed by atoms with Crippen LogP contribution >= 0.6 is 23.4 Å². The second kappa shape index (κ2) is 8.81. The van der Waals surface area contributed by atoms with Crippen molar-refractivity contribution in [2.24, 2.45) is 5.73 Å². The van der Waals surface area contributed by atoms with Gasteiger partial charge < -0.3 is 19.8 Å². The van der Waals surface area contributed by atoms with E-state index in [-0.39, 0.29) is 40.2 Å². The third-order valence-electron chi connectivity index (χ3n) is 3.10. The van der Waals surface area contributed by atoms with Crippen molar-refractivity contribution in [3.05, 3.63) is 33.6 Å². The number of nitrogens with one attached hydrogen (secondary N) is 2. The molecule has 140 valence electrons. The molecule has 26 heavy (non-hydrogen) atoms. The maximum atomic E-state index is 12.2. The highest BCUT2D eigenvalue weighted by Gasteiger charge is 2.15. The predicted molar refractivity (Wildman–Crippen MR) is 104 cm³/mol. The largest absolute Gasteiger partial charge is 0.463 e. The number of amides is 2. The van der Waals surface area contributed by atoms with Crippen LogP contribution in [0.3, 0.4) is 0 Å². The number of rotatable bonds is 6. The number of amidine groups is 1. The van der Waals surface area contributed by atoms with Crippen molar-refractivity contribution in [3.63, 3.8) is 0 Å². The SMILES string of the molecule is CC(C)NC(=O)Nc1ccc2c(Cl)c(OCCSC(N)=[NH2+])oc(=O)c2c1. The summed E-state index contributed by atoms with van der Waals surface area (Å²) < 4.78 is 10.5. The molecule has 0 bridgehead atoms. The molecule has 0 unspecified atom stereocenters. The van der Waals surface area contributed by atoms with Crippen LogP contribution in [0.1, 0.15) is 13.8 Å². The summed E-state index contributed by atoms with van der Waals surface area (Å²) in [6, 6.07) is 4.36. The Kier molecular flexibility index (Phi) is 6.76. The molecule has 8 nitrogen and oxygen atoms in total. The van der Waals surface area contributed by atoms with Crippen LogP contribution in [-0.4, -0.2) is 29.6 Å². The van der Waals surface area contributed by atoms with Crippen molar-refractivity contribution >= 4 is 51.0 Å². The first-order valence-corrected chi connectivity index (χ1v) is 9.11. The van der Waals surface area contributed by atoms with E-state index in [1.54, 1.807) is 12.1 Å². The molecule has 2 rings (SSSR count). The number of carbonyl (C=O) groups excluding carboxylic acids is 1. The molecule has 0 atom stereocenters. The highest BCUT2D eigenvalue weighted by molar-refractivity contribution is 8.13. The first-order valence-electron chi connectivity index (χ1n) is 7.75. The van der Waals surface area contributed by atoms with Crippen molar-refractivity contribution in [1.29, 1.82) is 0 Å². The molecule has 0 saturated heterocycles. The van der Waals surface area contributed by atoms with Gasteiger partial charge in [-0.2, -0.15) is 0 Å². The lowest BCUT2D eigenvalue weighted by atomic mass is 10.1. The number of thioether (sulfide) groups is 1. The van der Waals surface area contributed by atoms with Crippen LogP contribution in [0.5, 0.6) is 5.95 Å². The third kappa shape index (κ3) is 5.30. The maximum Gasteiger partial charge on any atom is 0.346 e. The molecule has 0 spiro atoms. The van der Waals surface area contributed by atoms with E-state index in [2.05, 4.69) is 10.6 Å². The normalized spacial score (nSPS) is 10.8. The predicted octanol–water partition coefficient (Wildman–Crippen LogP) is 1.16. The van der Waals surface area contributed by atoms with E-state index in [1.165, 1.54) is 17.8 Å². The van der Waals surface area contributed by atoms with Crippen LogP contribution in [0.4, 0.5) is 10.5 Å². The van der Waals surface area contributed by atoms with E-state index in [9.17, 15) is 9.59 Å². The van der Waals surface area contributed by atoms with Gasteiger partial charge in [-0.05, 0) is 37.7 Å². The quantitative estimate of drug-likeness (QED) is 0.327.